The van der Waals surface area contributed by atoms with Crippen molar-refractivity contribution in [2.75, 3.05) is 11.9 Å². The first-order valence-electron chi connectivity index (χ1n) is 5.40. The van der Waals surface area contributed by atoms with Crippen LogP contribution in [0, 0.1) is 13.8 Å². The lowest BCUT2D eigenvalue weighted by Gasteiger charge is -2.19. The molecule has 0 saturated heterocycles. The minimum absolute atomic E-state index is 0.190. The number of hydrogen-bond donors (Lipinski definition) is 2. The van der Waals surface area contributed by atoms with Crippen LogP contribution in [0.5, 0.6) is 0 Å². The van der Waals surface area contributed by atoms with Crippen molar-refractivity contribution in [3.63, 3.8) is 0 Å². The second kappa shape index (κ2) is 4.60. The maximum absolute atomic E-state index is 11.5. The van der Waals surface area contributed by atoms with Gasteiger partial charge in [0.1, 0.15) is 12.1 Å². The molecular formula is C12H20N2O2. The van der Waals surface area contributed by atoms with Gasteiger partial charge in [-0.2, -0.15) is 0 Å². The van der Waals surface area contributed by atoms with E-state index >= 15 is 0 Å². The van der Waals surface area contributed by atoms with Gasteiger partial charge in [0.05, 0.1) is 5.69 Å². The number of aromatic amines is 1. The summed E-state index contributed by atoms with van der Waals surface area (Å²) in [5.74, 6) is -0.245. The Morgan fingerprint density at radius 2 is 2.06 bits per heavy atom. The average Bonchev–Trinajstić information content (AvgIpc) is 2.42. The summed E-state index contributed by atoms with van der Waals surface area (Å²) in [6, 6.07) is 0. The lowest BCUT2D eigenvalue weighted by molar-refractivity contribution is -0.152. The first-order valence-corrected chi connectivity index (χ1v) is 5.40. The molecule has 1 aromatic rings. The Hall–Kier alpha value is -1.45. The molecule has 0 radical (unpaired) electrons. The number of ether oxygens (including phenoxy) is 1. The monoisotopic (exact) mass is 224 g/mol. The third-order valence-corrected chi connectivity index (χ3v) is 2.24. The predicted molar refractivity (Wildman–Crippen MR) is 64.6 cm³/mol. The normalized spacial score (nSPS) is 11.3. The molecule has 1 rings (SSSR count). The maximum Gasteiger partial charge on any atom is 0.325 e. The molecule has 0 unspecified atom stereocenters. The van der Waals surface area contributed by atoms with Gasteiger partial charge in [-0.15, -0.1) is 0 Å². The summed E-state index contributed by atoms with van der Waals surface area (Å²) in [5, 5.41) is 3.05. The van der Waals surface area contributed by atoms with Crippen LogP contribution in [0.4, 0.5) is 5.69 Å². The smallest absolute Gasteiger partial charge is 0.325 e. The van der Waals surface area contributed by atoms with Gasteiger partial charge in [-0.05, 0) is 40.2 Å². The number of carbonyl (C=O) groups is 1. The summed E-state index contributed by atoms with van der Waals surface area (Å²) in [7, 11) is 0. The highest BCUT2D eigenvalue weighted by Crippen LogP contribution is 2.17. The topological polar surface area (TPSA) is 54.1 Å². The number of carbonyl (C=O) groups excluding carboxylic acids is 1. The minimum Gasteiger partial charge on any atom is -0.459 e. The van der Waals surface area contributed by atoms with Gasteiger partial charge in [-0.1, -0.05) is 0 Å². The van der Waals surface area contributed by atoms with Gasteiger partial charge in [0.15, 0.2) is 0 Å². The Labute approximate surface area is 96.4 Å². The number of aryl methyl sites for hydroxylation is 1. The molecule has 90 valence electrons. The van der Waals surface area contributed by atoms with Crippen LogP contribution < -0.4 is 5.32 Å². The zero-order valence-corrected chi connectivity index (χ0v) is 10.6. The first-order chi connectivity index (χ1) is 7.29. The Bertz CT molecular complexity index is 375. The van der Waals surface area contributed by atoms with Crippen LogP contribution in [0.2, 0.25) is 0 Å². The third-order valence-electron chi connectivity index (χ3n) is 2.24. The van der Waals surface area contributed by atoms with Crippen molar-refractivity contribution in [3.05, 3.63) is 17.5 Å². The van der Waals surface area contributed by atoms with E-state index in [1.165, 1.54) is 0 Å². The van der Waals surface area contributed by atoms with Crippen LogP contribution in [0.15, 0.2) is 6.20 Å². The second-order valence-corrected chi connectivity index (χ2v) is 4.89. The molecule has 1 aromatic heterocycles. The molecule has 0 aliphatic heterocycles. The fourth-order valence-electron chi connectivity index (χ4n) is 1.33. The molecule has 0 saturated carbocycles. The standard InChI is InChI=1S/C12H20N2O2/c1-8-9(2)13-6-10(8)14-7-11(15)16-12(3,4)5/h6,13-14H,7H2,1-5H3. The molecule has 4 heteroatoms. The highest BCUT2D eigenvalue weighted by molar-refractivity contribution is 5.75. The fourth-order valence-corrected chi connectivity index (χ4v) is 1.33. The van der Waals surface area contributed by atoms with Crippen LogP contribution in [0.25, 0.3) is 0 Å². The summed E-state index contributed by atoms with van der Waals surface area (Å²) >= 11 is 0. The van der Waals surface area contributed by atoms with E-state index in [4.69, 9.17) is 4.74 Å². The fraction of sp³-hybridized carbons (Fsp3) is 0.583. The van der Waals surface area contributed by atoms with E-state index in [-0.39, 0.29) is 12.5 Å². The van der Waals surface area contributed by atoms with Crippen molar-refractivity contribution in [2.45, 2.75) is 40.2 Å². The Morgan fingerprint density at radius 3 is 2.50 bits per heavy atom. The van der Waals surface area contributed by atoms with Gasteiger partial charge < -0.3 is 15.0 Å². The van der Waals surface area contributed by atoms with Gasteiger partial charge >= 0.3 is 5.97 Å². The molecule has 0 aliphatic carbocycles. The van der Waals surface area contributed by atoms with Gasteiger partial charge in [-0.3, -0.25) is 4.79 Å². The van der Waals surface area contributed by atoms with Crippen molar-refractivity contribution >= 4 is 11.7 Å². The number of rotatable bonds is 3. The Morgan fingerprint density at radius 1 is 1.44 bits per heavy atom. The first kappa shape index (κ1) is 12.6. The van der Waals surface area contributed by atoms with Crippen molar-refractivity contribution in [1.29, 1.82) is 0 Å². The van der Waals surface area contributed by atoms with Gasteiger partial charge in [0.2, 0.25) is 0 Å². The van der Waals surface area contributed by atoms with Crippen LogP contribution in [-0.4, -0.2) is 23.1 Å². The number of H-pyrrole nitrogens is 1. The SMILES string of the molecule is Cc1[nH]cc(NCC(=O)OC(C)(C)C)c1C. The molecule has 16 heavy (non-hydrogen) atoms. The summed E-state index contributed by atoms with van der Waals surface area (Å²) in [6.07, 6.45) is 1.86. The molecule has 0 spiro atoms. The number of esters is 1. The van der Waals surface area contributed by atoms with Crippen molar-refractivity contribution in [1.82, 2.24) is 4.98 Å². The lowest BCUT2D eigenvalue weighted by atomic mass is 10.2. The van der Waals surface area contributed by atoms with Gasteiger partial charge in [0.25, 0.3) is 0 Å². The minimum atomic E-state index is -0.429. The van der Waals surface area contributed by atoms with Crippen LogP contribution in [0.3, 0.4) is 0 Å². The third kappa shape index (κ3) is 3.61. The number of hydrogen-bond acceptors (Lipinski definition) is 3. The Kier molecular flexibility index (Phi) is 3.62. The molecule has 0 fully saturated rings. The summed E-state index contributed by atoms with van der Waals surface area (Å²) in [6.45, 7) is 9.76. The number of anilines is 1. The van der Waals surface area contributed by atoms with E-state index in [2.05, 4.69) is 10.3 Å². The zero-order valence-electron chi connectivity index (χ0n) is 10.6. The van der Waals surface area contributed by atoms with Crippen LogP contribution in [0.1, 0.15) is 32.0 Å². The lowest BCUT2D eigenvalue weighted by Crippen LogP contribution is -2.28. The number of nitrogens with one attached hydrogen (secondary N) is 2. The van der Waals surface area contributed by atoms with Crippen molar-refractivity contribution in [3.8, 4) is 0 Å². The van der Waals surface area contributed by atoms with Gasteiger partial charge in [0, 0.05) is 11.9 Å². The summed E-state index contributed by atoms with van der Waals surface area (Å²) in [5.41, 5.74) is 2.75. The number of aromatic nitrogens is 1. The van der Waals surface area contributed by atoms with Crippen molar-refractivity contribution in [2.24, 2.45) is 0 Å². The highest BCUT2D eigenvalue weighted by atomic mass is 16.6. The van der Waals surface area contributed by atoms with E-state index in [0.717, 1.165) is 16.9 Å². The van der Waals surface area contributed by atoms with E-state index < -0.39 is 5.60 Å². The summed E-state index contributed by atoms with van der Waals surface area (Å²) in [4.78, 5) is 14.5. The van der Waals surface area contributed by atoms with E-state index in [1.807, 2.05) is 40.8 Å². The second-order valence-electron chi connectivity index (χ2n) is 4.89. The quantitative estimate of drug-likeness (QED) is 0.775. The predicted octanol–water partition coefficient (Wildman–Crippen LogP) is 2.39. The van der Waals surface area contributed by atoms with Crippen LogP contribution in [-0.2, 0) is 9.53 Å². The summed E-state index contributed by atoms with van der Waals surface area (Å²) < 4.78 is 5.19. The van der Waals surface area contributed by atoms with E-state index in [1.54, 1.807) is 0 Å². The molecule has 2 N–H and O–H groups in total. The molecule has 0 aliphatic rings. The molecule has 4 nitrogen and oxygen atoms in total. The Balaban J connectivity index is 2.47. The average molecular weight is 224 g/mol. The molecule has 1 heterocycles. The molecule has 0 aromatic carbocycles. The van der Waals surface area contributed by atoms with Crippen LogP contribution >= 0.6 is 0 Å². The zero-order chi connectivity index (χ0) is 12.3. The largest absolute Gasteiger partial charge is 0.459 e. The highest BCUT2D eigenvalue weighted by Gasteiger charge is 2.16. The van der Waals surface area contributed by atoms with E-state index in [0.29, 0.717) is 0 Å². The molecular weight excluding hydrogens is 204 g/mol. The maximum atomic E-state index is 11.5. The molecule has 0 bridgehead atoms. The van der Waals surface area contributed by atoms with E-state index in [9.17, 15) is 4.79 Å². The van der Waals surface area contributed by atoms with Gasteiger partial charge in [-0.25, -0.2) is 0 Å². The molecule has 0 atom stereocenters. The molecule has 0 amide bonds. The van der Waals surface area contributed by atoms with Crippen molar-refractivity contribution < 1.29 is 9.53 Å².